The van der Waals surface area contributed by atoms with Crippen LogP contribution in [0.15, 0.2) is 60.9 Å². The van der Waals surface area contributed by atoms with Gasteiger partial charge < -0.3 is 20.3 Å². The molecule has 4 rings (SSSR count). The lowest BCUT2D eigenvalue weighted by Crippen LogP contribution is -2.36. The molecule has 0 aliphatic carbocycles. The standard InChI is InChI=1S/C21H23N5O/c1-16-5-4-6-17(13-16)24-20-14-21(23-15-22-20)25-18-7-2-3-8-19(18)26-9-11-27-12-10-26/h2-8,13-15H,9-12H2,1H3,(H2,22,23,24,25). The molecule has 0 atom stereocenters. The number of nitrogens with zero attached hydrogens (tertiary/aromatic N) is 3. The van der Waals surface area contributed by atoms with Crippen LogP contribution in [0.1, 0.15) is 5.56 Å². The van der Waals surface area contributed by atoms with E-state index in [1.807, 2.05) is 24.3 Å². The first-order valence-electron chi connectivity index (χ1n) is 9.12. The zero-order valence-electron chi connectivity index (χ0n) is 15.4. The third kappa shape index (κ3) is 4.35. The van der Waals surface area contributed by atoms with E-state index in [1.54, 1.807) is 6.33 Å². The number of benzene rings is 2. The van der Waals surface area contributed by atoms with E-state index in [2.05, 4.69) is 62.8 Å². The van der Waals surface area contributed by atoms with Crippen LogP contribution in [0.3, 0.4) is 0 Å². The first-order chi connectivity index (χ1) is 13.3. The highest BCUT2D eigenvalue weighted by molar-refractivity contribution is 5.75. The SMILES string of the molecule is Cc1cccc(Nc2cc(Nc3ccccc3N3CCOCC3)ncn2)c1. The van der Waals surface area contributed by atoms with Crippen molar-refractivity contribution in [3.05, 3.63) is 66.5 Å². The Labute approximate surface area is 159 Å². The molecule has 1 fully saturated rings. The number of hydrogen-bond acceptors (Lipinski definition) is 6. The monoisotopic (exact) mass is 361 g/mol. The minimum atomic E-state index is 0.751. The molecule has 2 N–H and O–H groups in total. The van der Waals surface area contributed by atoms with Gasteiger partial charge in [-0.2, -0.15) is 0 Å². The van der Waals surface area contributed by atoms with E-state index in [-0.39, 0.29) is 0 Å². The maximum absolute atomic E-state index is 5.47. The lowest BCUT2D eigenvalue weighted by atomic mass is 10.2. The molecule has 0 radical (unpaired) electrons. The highest BCUT2D eigenvalue weighted by Crippen LogP contribution is 2.29. The van der Waals surface area contributed by atoms with Gasteiger partial charge in [-0.25, -0.2) is 9.97 Å². The average molecular weight is 361 g/mol. The summed E-state index contributed by atoms with van der Waals surface area (Å²) in [6.45, 7) is 5.37. The highest BCUT2D eigenvalue weighted by Gasteiger charge is 2.14. The molecular formula is C21H23N5O. The summed E-state index contributed by atoms with van der Waals surface area (Å²) in [5.41, 5.74) is 4.40. The topological polar surface area (TPSA) is 62.3 Å². The molecule has 2 aromatic carbocycles. The molecule has 6 nitrogen and oxygen atoms in total. The number of rotatable bonds is 5. The average Bonchev–Trinajstić information content (AvgIpc) is 2.69. The molecule has 0 amide bonds. The highest BCUT2D eigenvalue weighted by atomic mass is 16.5. The summed E-state index contributed by atoms with van der Waals surface area (Å²) in [5, 5.41) is 6.76. The van der Waals surface area contributed by atoms with Crippen molar-refractivity contribution in [2.45, 2.75) is 6.92 Å². The normalized spacial score (nSPS) is 14.0. The Kier molecular flexibility index (Phi) is 5.16. The smallest absolute Gasteiger partial charge is 0.135 e. The number of para-hydroxylation sites is 2. The fourth-order valence-corrected chi connectivity index (χ4v) is 3.16. The number of nitrogens with one attached hydrogen (secondary N) is 2. The van der Waals surface area contributed by atoms with E-state index < -0.39 is 0 Å². The largest absolute Gasteiger partial charge is 0.378 e. The maximum Gasteiger partial charge on any atom is 0.135 e. The van der Waals surface area contributed by atoms with Crippen LogP contribution in [-0.4, -0.2) is 36.3 Å². The molecule has 0 unspecified atom stereocenters. The van der Waals surface area contributed by atoms with Crippen LogP contribution >= 0.6 is 0 Å². The van der Waals surface area contributed by atoms with Gasteiger partial charge in [0.25, 0.3) is 0 Å². The predicted octanol–water partition coefficient (Wildman–Crippen LogP) is 4.11. The van der Waals surface area contributed by atoms with Crippen molar-refractivity contribution in [3.63, 3.8) is 0 Å². The maximum atomic E-state index is 5.47. The van der Waals surface area contributed by atoms with E-state index in [1.165, 1.54) is 5.56 Å². The number of anilines is 5. The van der Waals surface area contributed by atoms with Gasteiger partial charge in [-0.3, -0.25) is 0 Å². The van der Waals surface area contributed by atoms with Crippen LogP contribution in [-0.2, 0) is 4.74 Å². The Morgan fingerprint density at radius 3 is 2.48 bits per heavy atom. The number of hydrogen-bond donors (Lipinski definition) is 2. The van der Waals surface area contributed by atoms with Crippen molar-refractivity contribution in [2.75, 3.05) is 41.8 Å². The molecule has 6 heteroatoms. The molecule has 2 heterocycles. The lowest BCUT2D eigenvalue weighted by molar-refractivity contribution is 0.123. The van der Waals surface area contributed by atoms with E-state index >= 15 is 0 Å². The van der Waals surface area contributed by atoms with Gasteiger partial charge in [0.2, 0.25) is 0 Å². The van der Waals surface area contributed by atoms with Crippen molar-refractivity contribution in [1.29, 1.82) is 0 Å². The Morgan fingerprint density at radius 2 is 1.67 bits per heavy atom. The Bertz CT molecular complexity index is 908. The Morgan fingerprint density at radius 1 is 0.889 bits per heavy atom. The van der Waals surface area contributed by atoms with Crippen LogP contribution in [0.2, 0.25) is 0 Å². The van der Waals surface area contributed by atoms with Crippen LogP contribution < -0.4 is 15.5 Å². The molecule has 0 saturated carbocycles. The molecule has 138 valence electrons. The van der Waals surface area contributed by atoms with E-state index in [9.17, 15) is 0 Å². The molecule has 1 aliphatic rings. The van der Waals surface area contributed by atoms with E-state index in [0.29, 0.717) is 0 Å². The number of aromatic nitrogens is 2. The third-order valence-corrected chi connectivity index (χ3v) is 4.48. The van der Waals surface area contributed by atoms with Crippen molar-refractivity contribution in [3.8, 4) is 0 Å². The second-order valence-corrected chi connectivity index (χ2v) is 6.52. The molecule has 0 spiro atoms. The van der Waals surface area contributed by atoms with Crippen LogP contribution in [0.5, 0.6) is 0 Å². The summed E-state index contributed by atoms with van der Waals surface area (Å²) in [4.78, 5) is 11.0. The zero-order chi connectivity index (χ0) is 18.5. The van der Waals surface area contributed by atoms with Gasteiger partial charge in [-0.1, -0.05) is 24.3 Å². The summed E-state index contributed by atoms with van der Waals surface area (Å²) in [6, 6.07) is 18.4. The minimum Gasteiger partial charge on any atom is -0.378 e. The van der Waals surface area contributed by atoms with Gasteiger partial charge in [0, 0.05) is 24.8 Å². The van der Waals surface area contributed by atoms with Gasteiger partial charge in [-0.05, 0) is 36.8 Å². The number of morpholine rings is 1. The molecule has 1 saturated heterocycles. The van der Waals surface area contributed by atoms with Gasteiger partial charge in [0.1, 0.15) is 18.0 Å². The molecule has 1 aliphatic heterocycles. The second kappa shape index (κ2) is 8.05. The van der Waals surface area contributed by atoms with E-state index in [4.69, 9.17) is 4.74 Å². The summed E-state index contributed by atoms with van der Waals surface area (Å²) in [6.07, 6.45) is 1.57. The van der Waals surface area contributed by atoms with E-state index in [0.717, 1.165) is 55.0 Å². The second-order valence-electron chi connectivity index (χ2n) is 6.52. The predicted molar refractivity (Wildman–Crippen MR) is 109 cm³/mol. The third-order valence-electron chi connectivity index (χ3n) is 4.48. The van der Waals surface area contributed by atoms with Crippen molar-refractivity contribution < 1.29 is 4.74 Å². The van der Waals surface area contributed by atoms with Crippen molar-refractivity contribution >= 4 is 28.7 Å². The fraction of sp³-hybridized carbons (Fsp3) is 0.238. The molecule has 1 aromatic heterocycles. The van der Waals surface area contributed by atoms with Crippen LogP contribution in [0.4, 0.5) is 28.7 Å². The zero-order valence-corrected chi connectivity index (χ0v) is 15.4. The summed E-state index contributed by atoms with van der Waals surface area (Å²) in [7, 11) is 0. The van der Waals surface area contributed by atoms with Gasteiger partial charge in [-0.15, -0.1) is 0 Å². The van der Waals surface area contributed by atoms with Crippen LogP contribution in [0, 0.1) is 6.92 Å². The Hall–Kier alpha value is -3.12. The first kappa shape index (κ1) is 17.3. The summed E-state index contributed by atoms with van der Waals surface area (Å²) in [5.74, 6) is 1.50. The van der Waals surface area contributed by atoms with Gasteiger partial charge in [0.15, 0.2) is 0 Å². The lowest BCUT2D eigenvalue weighted by Gasteiger charge is -2.30. The fourth-order valence-electron chi connectivity index (χ4n) is 3.16. The summed E-state index contributed by atoms with van der Waals surface area (Å²) < 4.78 is 5.47. The van der Waals surface area contributed by atoms with Gasteiger partial charge in [0.05, 0.1) is 24.6 Å². The van der Waals surface area contributed by atoms with Crippen molar-refractivity contribution in [2.24, 2.45) is 0 Å². The number of aryl methyl sites for hydroxylation is 1. The Balaban J connectivity index is 1.53. The first-order valence-corrected chi connectivity index (χ1v) is 9.12. The van der Waals surface area contributed by atoms with Gasteiger partial charge >= 0.3 is 0 Å². The molecule has 27 heavy (non-hydrogen) atoms. The number of ether oxygens (including phenoxy) is 1. The summed E-state index contributed by atoms with van der Waals surface area (Å²) >= 11 is 0. The minimum absolute atomic E-state index is 0.751. The molecular weight excluding hydrogens is 338 g/mol. The van der Waals surface area contributed by atoms with Crippen LogP contribution in [0.25, 0.3) is 0 Å². The molecule has 0 bridgehead atoms. The quantitative estimate of drug-likeness (QED) is 0.713. The molecule has 3 aromatic rings. The van der Waals surface area contributed by atoms with Crippen molar-refractivity contribution in [1.82, 2.24) is 9.97 Å².